The molecule has 92 valence electrons. The van der Waals surface area contributed by atoms with Gasteiger partial charge in [-0.15, -0.1) is 0 Å². The Bertz CT molecular complexity index is 406. The van der Waals surface area contributed by atoms with E-state index < -0.39 is 0 Å². The Hall–Kier alpha value is -1.55. The number of hydrogen-bond acceptors (Lipinski definition) is 3. The van der Waals surface area contributed by atoms with Crippen LogP contribution in [-0.2, 0) is 4.79 Å². The van der Waals surface area contributed by atoms with Gasteiger partial charge in [0, 0.05) is 30.8 Å². The first-order chi connectivity index (χ1) is 8.20. The van der Waals surface area contributed by atoms with E-state index in [0.717, 1.165) is 17.9 Å². The maximum Gasteiger partial charge on any atom is 0.228 e. The molecule has 17 heavy (non-hydrogen) atoms. The number of nitrogens with zero attached hydrogens (tertiary/aromatic N) is 1. The largest absolute Gasteiger partial charge is 0.494 e. The monoisotopic (exact) mass is 234 g/mol. The van der Waals surface area contributed by atoms with Crippen molar-refractivity contribution in [2.24, 2.45) is 5.73 Å². The molecule has 1 heterocycles. The predicted octanol–water partition coefficient (Wildman–Crippen LogP) is 1.54. The van der Waals surface area contributed by atoms with Crippen LogP contribution in [0.15, 0.2) is 24.3 Å². The summed E-state index contributed by atoms with van der Waals surface area (Å²) in [7, 11) is 0. The van der Waals surface area contributed by atoms with Gasteiger partial charge in [0.15, 0.2) is 0 Å². The number of hydrogen-bond donors (Lipinski definition) is 1. The SMILES string of the molecule is CCCOc1cccc(N2CC(N)CC2=O)c1. The molecule has 1 fully saturated rings. The molecule has 1 atom stereocenters. The third kappa shape index (κ3) is 2.77. The second-order valence-electron chi connectivity index (χ2n) is 4.31. The molecule has 1 unspecified atom stereocenters. The summed E-state index contributed by atoms with van der Waals surface area (Å²) >= 11 is 0. The van der Waals surface area contributed by atoms with Gasteiger partial charge in [-0.25, -0.2) is 0 Å². The lowest BCUT2D eigenvalue weighted by Gasteiger charge is -2.17. The van der Waals surface area contributed by atoms with Crippen molar-refractivity contribution < 1.29 is 9.53 Å². The lowest BCUT2D eigenvalue weighted by molar-refractivity contribution is -0.117. The maximum atomic E-state index is 11.7. The number of nitrogens with two attached hydrogens (primary N) is 1. The predicted molar refractivity (Wildman–Crippen MR) is 67.2 cm³/mol. The van der Waals surface area contributed by atoms with Gasteiger partial charge in [-0.05, 0) is 18.6 Å². The van der Waals surface area contributed by atoms with Gasteiger partial charge in [0.05, 0.1) is 6.61 Å². The molecule has 0 bridgehead atoms. The van der Waals surface area contributed by atoms with Gasteiger partial charge in [-0.1, -0.05) is 13.0 Å². The van der Waals surface area contributed by atoms with Gasteiger partial charge in [-0.2, -0.15) is 0 Å². The number of anilines is 1. The van der Waals surface area contributed by atoms with Crippen LogP contribution in [0.2, 0.25) is 0 Å². The summed E-state index contributed by atoms with van der Waals surface area (Å²) < 4.78 is 5.55. The van der Waals surface area contributed by atoms with Crippen molar-refractivity contribution in [1.29, 1.82) is 0 Å². The highest BCUT2D eigenvalue weighted by Gasteiger charge is 2.28. The Morgan fingerprint density at radius 3 is 3.00 bits per heavy atom. The summed E-state index contributed by atoms with van der Waals surface area (Å²) in [5.74, 6) is 0.891. The fourth-order valence-corrected chi connectivity index (χ4v) is 1.95. The lowest BCUT2D eigenvalue weighted by atomic mass is 10.3. The van der Waals surface area contributed by atoms with Crippen LogP contribution < -0.4 is 15.4 Å². The van der Waals surface area contributed by atoms with Crippen molar-refractivity contribution >= 4 is 11.6 Å². The zero-order valence-electron chi connectivity index (χ0n) is 10.1. The highest BCUT2D eigenvalue weighted by atomic mass is 16.5. The summed E-state index contributed by atoms with van der Waals surface area (Å²) in [4.78, 5) is 13.4. The second-order valence-corrected chi connectivity index (χ2v) is 4.31. The van der Waals surface area contributed by atoms with Gasteiger partial charge in [0.25, 0.3) is 0 Å². The molecular formula is C13H18N2O2. The summed E-state index contributed by atoms with van der Waals surface area (Å²) in [6.07, 6.45) is 1.40. The van der Waals surface area contributed by atoms with Crippen molar-refractivity contribution in [3.63, 3.8) is 0 Å². The van der Waals surface area contributed by atoms with Gasteiger partial charge < -0.3 is 15.4 Å². The van der Waals surface area contributed by atoms with E-state index in [9.17, 15) is 4.79 Å². The Kier molecular flexibility index (Phi) is 3.64. The van der Waals surface area contributed by atoms with Gasteiger partial charge >= 0.3 is 0 Å². The second kappa shape index (κ2) is 5.19. The minimum atomic E-state index is -0.0530. The van der Waals surface area contributed by atoms with Crippen LogP contribution >= 0.6 is 0 Å². The maximum absolute atomic E-state index is 11.7. The van der Waals surface area contributed by atoms with Crippen LogP contribution in [0.1, 0.15) is 19.8 Å². The Labute approximate surface area is 101 Å². The molecule has 2 rings (SSSR count). The topological polar surface area (TPSA) is 55.6 Å². The summed E-state index contributed by atoms with van der Waals surface area (Å²) in [5.41, 5.74) is 6.65. The number of amides is 1. The van der Waals surface area contributed by atoms with E-state index in [1.165, 1.54) is 0 Å². The zero-order valence-corrected chi connectivity index (χ0v) is 10.1. The number of ether oxygens (including phenoxy) is 1. The van der Waals surface area contributed by atoms with Crippen LogP contribution in [0.3, 0.4) is 0 Å². The number of carbonyl (C=O) groups is 1. The van der Waals surface area contributed by atoms with Crippen LogP contribution in [0, 0.1) is 0 Å². The minimum absolute atomic E-state index is 0.0530. The first-order valence-electron chi connectivity index (χ1n) is 5.99. The molecule has 1 saturated heterocycles. The van der Waals surface area contributed by atoms with Crippen LogP contribution in [0.25, 0.3) is 0 Å². The van der Waals surface area contributed by atoms with Crippen LogP contribution in [0.4, 0.5) is 5.69 Å². The summed E-state index contributed by atoms with van der Waals surface area (Å²) in [6, 6.07) is 7.56. The highest BCUT2D eigenvalue weighted by Crippen LogP contribution is 2.25. The minimum Gasteiger partial charge on any atom is -0.494 e. The molecule has 1 aromatic carbocycles. The molecule has 0 aromatic heterocycles. The number of benzene rings is 1. The zero-order chi connectivity index (χ0) is 12.3. The fourth-order valence-electron chi connectivity index (χ4n) is 1.95. The average Bonchev–Trinajstić information content (AvgIpc) is 2.66. The Morgan fingerprint density at radius 1 is 1.53 bits per heavy atom. The summed E-state index contributed by atoms with van der Waals surface area (Å²) in [5, 5.41) is 0. The average molecular weight is 234 g/mol. The fraction of sp³-hybridized carbons (Fsp3) is 0.462. The molecule has 0 radical (unpaired) electrons. The van der Waals surface area contributed by atoms with Crippen molar-refractivity contribution in [3.05, 3.63) is 24.3 Å². The van der Waals surface area contributed by atoms with Gasteiger partial charge in [-0.3, -0.25) is 4.79 Å². The van der Waals surface area contributed by atoms with E-state index in [1.807, 2.05) is 24.3 Å². The Balaban J connectivity index is 2.13. The van der Waals surface area contributed by atoms with Crippen molar-refractivity contribution in [2.45, 2.75) is 25.8 Å². The molecule has 0 saturated carbocycles. The van der Waals surface area contributed by atoms with Crippen molar-refractivity contribution in [2.75, 3.05) is 18.1 Å². The quantitative estimate of drug-likeness (QED) is 0.859. The van der Waals surface area contributed by atoms with E-state index in [-0.39, 0.29) is 11.9 Å². The highest BCUT2D eigenvalue weighted by molar-refractivity contribution is 5.96. The Morgan fingerprint density at radius 2 is 2.35 bits per heavy atom. The third-order valence-electron chi connectivity index (χ3n) is 2.76. The first-order valence-corrected chi connectivity index (χ1v) is 5.99. The standard InChI is InChI=1S/C13H18N2O2/c1-2-6-17-12-5-3-4-11(8-12)15-9-10(14)7-13(15)16/h3-5,8,10H,2,6-7,9,14H2,1H3. The van der Waals surface area contributed by atoms with Crippen LogP contribution in [-0.4, -0.2) is 25.1 Å². The first kappa shape index (κ1) is 11.9. The molecule has 4 heteroatoms. The molecule has 0 spiro atoms. The molecule has 1 amide bonds. The molecule has 1 aliphatic heterocycles. The van der Waals surface area contributed by atoms with Crippen molar-refractivity contribution in [3.8, 4) is 5.75 Å². The van der Waals surface area contributed by atoms with E-state index >= 15 is 0 Å². The van der Waals surface area contributed by atoms with E-state index in [0.29, 0.717) is 19.6 Å². The van der Waals surface area contributed by atoms with E-state index in [1.54, 1.807) is 4.90 Å². The number of carbonyl (C=O) groups excluding carboxylic acids is 1. The molecular weight excluding hydrogens is 216 g/mol. The number of rotatable bonds is 4. The molecule has 2 N–H and O–H groups in total. The van der Waals surface area contributed by atoms with Gasteiger partial charge in [0.1, 0.15) is 5.75 Å². The smallest absolute Gasteiger partial charge is 0.228 e. The van der Waals surface area contributed by atoms with E-state index in [4.69, 9.17) is 10.5 Å². The van der Waals surface area contributed by atoms with E-state index in [2.05, 4.69) is 6.92 Å². The summed E-state index contributed by atoms with van der Waals surface area (Å²) in [6.45, 7) is 3.35. The molecule has 0 aliphatic carbocycles. The third-order valence-corrected chi connectivity index (χ3v) is 2.76. The normalized spacial score (nSPS) is 19.8. The molecule has 1 aliphatic rings. The van der Waals surface area contributed by atoms with Gasteiger partial charge in [0.2, 0.25) is 5.91 Å². The lowest BCUT2D eigenvalue weighted by Crippen LogP contribution is -2.27. The molecule has 1 aromatic rings. The molecule has 4 nitrogen and oxygen atoms in total. The van der Waals surface area contributed by atoms with Crippen LogP contribution in [0.5, 0.6) is 5.75 Å². The van der Waals surface area contributed by atoms with Crippen molar-refractivity contribution in [1.82, 2.24) is 0 Å².